The fraction of sp³-hybridized carbons (Fsp3) is 0.375. The summed E-state index contributed by atoms with van der Waals surface area (Å²) >= 11 is 12.0. The lowest BCUT2D eigenvalue weighted by molar-refractivity contribution is 0.0625. The van der Waals surface area contributed by atoms with Gasteiger partial charge in [0.2, 0.25) is 0 Å². The fourth-order valence-electron chi connectivity index (χ4n) is 2.74. The molecule has 3 rings (SSSR count). The minimum absolute atomic E-state index is 0.0905. The highest BCUT2D eigenvalue weighted by atomic mass is 35.5. The maximum absolute atomic E-state index is 12.5. The molecule has 2 aromatic rings. The maximum atomic E-state index is 12.5. The van der Waals surface area contributed by atoms with Crippen molar-refractivity contribution >= 4 is 29.1 Å². The lowest BCUT2D eigenvalue weighted by Gasteiger charge is -2.32. The van der Waals surface area contributed by atoms with Gasteiger partial charge in [0, 0.05) is 29.2 Å². The Morgan fingerprint density at radius 1 is 1.32 bits per heavy atom. The lowest BCUT2D eigenvalue weighted by Crippen LogP contribution is -2.42. The lowest BCUT2D eigenvalue weighted by atomic mass is 10.0. The van der Waals surface area contributed by atoms with E-state index in [2.05, 4.69) is 12.1 Å². The van der Waals surface area contributed by atoms with Crippen molar-refractivity contribution in [2.24, 2.45) is 0 Å². The average Bonchev–Trinajstić information content (AvgIpc) is 2.96. The fourth-order valence-corrected chi connectivity index (χ4v) is 3.24. The van der Waals surface area contributed by atoms with Gasteiger partial charge in [-0.25, -0.2) is 0 Å². The summed E-state index contributed by atoms with van der Waals surface area (Å²) in [4.78, 5) is 14.4. The summed E-state index contributed by atoms with van der Waals surface area (Å²) in [5.74, 6) is 0.377. The van der Waals surface area contributed by atoms with Crippen LogP contribution in [0.4, 0.5) is 0 Å². The summed E-state index contributed by atoms with van der Waals surface area (Å²) in [5, 5.41) is 4.92. The number of carbonyl (C=O) groups is 1. The van der Waals surface area contributed by atoms with Gasteiger partial charge in [0.1, 0.15) is 0 Å². The van der Waals surface area contributed by atoms with Crippen LogP contribution < -0.4 is 0 Å². The van der Waals surface area contributed by atoms with Gasteiger partial charge in [-0.15, -0.1) is 0 Å². The number of halogens is 2. The molecular formula is C16H16Cl2N2O2. The zero-order chi connectivity index (χ0) is 15.7. The van der Waals surface area contributed by atoms with Crippen LogP contribution in [0.5, 0.6) is 0 Å². The summed E-state index contributed by atoms with van der Waals surface area (Å²) in [7, 11) is 0. The van der Waals surface area contributed by atoms with Crippen molar-refractivity contribution in [1.29, 1.82) is 0 Å². The minimum atomic E-state index is -0.0905. The number of likely N-dealkylation sites (tertiary alicyclic amines) is 1. The minimum Gasteiger partial charge on any atom is -0.355 e. The van der Waals surface area contributed by atoms with Gasteiger partial charge < -0.3 is 9.42 Å². The normalized spacial score (nSPS) is 18.5. The van der Waals surface area contributed by atoms with Crippen LogP contribution in [0.1, 0.15) is 36.7 Å². The molecule has 1 amide bonds. The van der Waals surface area contributed by atoms with E-state index in [0.717, 1.165) is 25.8 Å². The number of hydrogen-bond acceptors (Lipinski definition) is 3. The predicted molar refractivity (Wildman–Crippen MR) is 86.3 cm³/mol. The number of rotatable bonds is 2. The summed E-state index contributed by atoms with van der Waals surface area (Å²) in [5.41, 5.74) is 0.985. The van der Waals surface area contributed by atoms with Crippen LogP contribution in [0.15, 0.2) is 28.8 Å². The molecule has 0 spiro atoms. The number of nitrogens with zero attached hydrogens (tertiary/aromatic N) is 2. The Morgan fingerprint density at radius 3 is 2.86 bits per heavy atom. The van der Waals surface area contributed by atoms with Gasteiger partial charge in [-0.3, -0.25) is 4.79 Å². The van der Waals surface area contributed by atoms with Gasteiger partial charge in [-0.2, -0.15) is 0 Å². The summed E-state index contributed by atoms with van der Waals surface area (Å²) in [6.07, 6.45) is 3.22. The van der Waals surface area contributed by atoms with Crippen molar-refractivity contribution in [2.45, 2.75) is 32.2 Å². The first kappa shape index (κ1) is 15.4. The predicted octanol–water partition coefficient (Wildman–Crippen LogP) is 4.66. The standard InChI is InChI=1S/C16H16Cl2N2O2/c1-10-4-2-3-7-20(10)16(21)14-9-15(22-19-14)12-6-5-11(17)8-13(12)18/h5-6,8-10H,2-4,7H2,1H3/t10-/m1/s1. The van der Waals surface area contributed by atoms with E-state index < -0.39 is 0 Å². The van der Waals surface area contributed by atoms with Gasteiger partial charge >= 0.3 is 0 Å². The first-order valence-electron chi connectivity index (χ1n) is 7.29. The van der Waals surface area contributed by atoms with Crippen molar-refractivity contribution in [2.75, 3.05) is 6.54 Å². The van der Waals surface area contributed by atoms with Crippen molar-refractivity contribution in [3.63, 3.8) is 0 Å². The number of amides is 1. The molecule has 22 heavy (non-hydrogen) atoms. The zero-order valence-corrected chi connectivity index (χ0v) is 13.7. The summed E-state index contributed by atoms with van der Waals surface area (Å²) < 4.78 is 5.29. The Bertz CT molecular complexity index is 699. The number of piperidine rings is 1. The van der Waals surface area contributed by atoms with Crippen molar-refractivity contribution in [1.82, 2.24) is 10.1 Å². The van der Waals surface area contributed by atoms with E-state index in [1.54, 1.807) is 24.3 Å². The molecule has 1 atom stereocenters. The third kappa shape index (κ3) is 2.99. The first-order valence-corrected chi connectivity index (χ1v) is 8.05. The Hall–Kier alpha value is -1.52. The van der Waals surface area contributed by atoms with E-state index in [-0.39, 0.29) is 11.9 Å². The molecule has 0 aliphatic carbocycles. The number of benzene rings is 1. The highest BCUT2D eigenvalue weighted by Gasteiger charge is 2.26. The van der Waals surface area contributed by atoms with Gasteiger partial charge in [-0.05, 0) is 44.4 Å². The molecule has 0 unspecified atom stereocenters. The Labute approximate surface area is 139 Å². The number of carbonyl (C=O) groups excluding carboxylic acids is 1. The van der Waals surface area contributed by atoms with Gasteiger partial charge in [-0.1, -0.05) is 28.4 Å². The second-order valence-corrected chi connectivity index (χ2v) is 6.39. The van der Waals surface area contributed by atoms with Crippen LogP contribution in [0.2, 0.25) is 10.0 Å². The monoisotopic (exact) mass is 338 g/mol. The Kier molecular flexibility index (Phi) is 4.41. The Balaban J connectivity index is 1.85. The van der Waals surface area contributed by atoms with E-state index in [1.165, 1.54) is 0 Å². The molecule has 4 nitrogen and oxygen atoms in total. The molecule has 1 fully saturated rings. The average molecular weight is 339 g/mol. The summed E-state index contributed by atoms with van der Waals surface area (Å²) in [6.45, 7) is 2.83. The van der Waals surface area contributed by atoms with E-state index in [1.807, 2.05) is 4.90 Å². The number of hydrogen-bond donors (Lipinski definition) is 0. The maximum Gasteiger partial charge on any atom is 0.276 e. The number of aromatic nitrogens is 1. The molecule has 2 heterocycles. The van der Waals surface area contributed by atoms with E-state index in [0.29, 0.717) is 27.1 Å². The van der Waals surface area contributed by atoms with Crippen LogP contribution in [0.25, 0.3) is 11.3 Å². The topological polar surface area (TPSA) is 46.3 Å². The highest BCUT2D eigenvalue weighted by molar-refractivity contribution is 6.36. The van der Waals surface area contributed by atoms with Gasteiger partial charge in [0.15, 0.2) is 11.5 Å². The molecule has 1 saturated heterocycles. The molecule has 1 aromatic carbocycles. The van der Waals surface area contributed by atoms with Crippen LogP contribution in [0.3, 0.4) is 0 Å². The first-order chi connectivity index (χ1) is 10.6. The Morgan fingerprint density at radius 2 is 2.14 bits per heavy atom. The molecule has 6 heteroatoms. The van der Waals surface area contributed by atoms with Crippen LogP contribution in [-0.4, -0.2) is 28.6 Å². The van der Waals surface area contributed by atoms with Gasteiger partial charge in [0.25, 0.3) is 5.91 Å². The van der Waals surface area contributed by atoms with Crippen molar-refractivity contribution < 1.29 is 9.32 Å². The van der Waals surface area contributed by atoms with E-state index >= 15 is 0 Å². The van der Waals surface area contributed by atoms with Gasteiger partial charge in [0.05, 0.1) is 5.02 Å². The molecule has 0 saturated carbocycles. The highest BCUT2D eigenvalue weighted by Crippen LogP contribution is 2.31. The van der Waals surface area contributed by atoms with Crippen LogP contribution >= 0.6 is 23.2 Å². The second kappa shape index (κ2) is 6.31. The molecule has 0 bridgehead atoms. The molecule has 0 N–H and O–H groups in total. The van der Waals surface area contributed by atoms with Crippen LogP contribution in [0, 0.1) is 0 Å². The SMILES string of the molecule is C[C@@H]1CCCCN1C(=O)c1cc(-c2ccc(Cl)cc2Cl)on1. The largest absolute Gasteiger partial charge is 0.355 e. The van der Waals surface area contributed by atoms with Crippen molar-refractivity contribution in [3.05, 3.63) is 40.0 Å². The smallest absolute Gasteiger partial charge is 0.276 e. The second-order valence-electron chi connectivity index (χ2n) is 5.54. The molecule has 116 valence electrons. The third-order valence-corrected chi connectivity index (χ3v) is 4.54. The third-order valence-electron chi connectivity index (χ3n) is 3.99. The summed E-state index contributed by atoms with van der Waals surface area (Å²) in [6, 6.07) is 6.98. The van der Waals surface area contributed by atoms with E-state index in [9.17, 15) is 4.79 Å². The quantitative estimate of drug-likeness (QED) is 0.799. The van der Waals surface area contributed by atoms with Crippen molar-refractivity contribution in [3.8, 4) is 11.3 Å². The molecule has 1 aliphatic heterocycles. The van der Waals surface area contributed by atoms with E-state index in [4.69, 9.17) is 27.7 Å². The molecular weight excluding hydrogens is 323 g/mol. The van der Waals surface area contributed by atoms with Crippen LogP contribution in [-0.2, 0) is 0 Å². The molecule has 1 aromatic heterocycles. The molecule has 0 radical (unpaired) electrons. The molecule has 1 aliphatic rings. The zero-order valence-electron chi connectivity index (χ0n) is 12.2.